The highest BCUT2D eigenvalue weighted by Gasteiger charge is 2.15. The second-order valence-electron chi connectivity index (χ2n) is 4.02. The Bertz CT molecular complexity index is 552. The molecule has 1 heterocycles. The van der Waals surface area contributed by atoms with Crippen LogP contribution in [0.5, 0.6) is 0 Å². The van der Waals surface area contributed by atoms with E-state index in [9.17, 15) is 4.79 Å². The van der Waals surface area contributed by atoms with Gasteiger partial charge in [0.25, 0.3) is 5.91 Å². The number of furan rings is 1. The van der Waals surface area contributed by atoms with Gasteiger partial charge in [-0.3, -0.25) is 4.79 Å². The molecule has 0 saturated carbocycles. The Morgan fingerprint density at radius 3 is 2.83 bits per heavy atom. The molecule has 4 nitrogen and oxygen atoms in total. The fourth-order valence-corrected chi connectivity index (χ4v) is 2.04. The normalized spacial score (nSPS) is 10.3. The number of hydrogen-bond acceptors (Lipinski definition) is 3. The molecule has 2 N–H and O–H groups in total. The van der Waals surface area contributed by atoms with E-state index in [0.717, 1.165) is 10.0 Å². The van der Waals surface area contributed by atoms with Gasteiger partial charge in [0, 0.05) is 29.3 Å². The number of nitrogen functional groups attached to an aromatic ring is 1. The van der Waals surface area contributed by atoms with E-state index in [-0.39, 0.29) is 5.91 Å². The van der Waals surface area contributed by atoms with E-state index >= 15 is 0 Å². The Morgan fingerprint density at radius 1 is 1.44 bits per heavy atom. The molecule has 1 aromatic heterocycles. The smallest absolute Gasteiger partial charge is 0.255 e. The van der Waals surface area contributed by atoms with E-state index in [2.05, 4.69) is 15.9 Å². The number of nitrogens with two attached hydrogens (primary N) is 1. The molecule has 94 valence electrons. The topological polar surface area (TPSA) is 59.5 Å². The molecule has 2 aromatic rings. The summed E-state index contributed by atoms with van der Waals surface area (Å²) in [4.78, 5) is 13.8. The van der Waals surface area contributed by atoms with Crippen LogP contribution in [0, 0.1) is 0 Å². The average molecular weight is 309 g/mol. The quantitative estimate of drug-likeness (QED) is 0.887. The minimum Gasteiger partial charge on any atom is -0.472 e. The fourth-order valence-electron chi connectivity index (χ4n) is 1.66. The second kappa shape index (κ2) is 5.27. The zero-order chi connectivity index (χ0) is 13.1. The zero-order valence-electron chi connectivity index (χ0n) is 9.89. The van der Waals surface area contributed by atoms with Gasteiger partial charge in [-0.25, -0.2) is 0 Å². The maximum Gasteiger partial charge on any atom is 0.255 e. The van der Waals surface area contributed by atoms with Crippen molar-refractivity contribution in [3.8, 4) is 0 Å². The molecule has 2 rings (SSSR count). The van der Waals surface area contributed by atoms with Crippen molar-refractivity contribution in [3.63, 3.8) is 0 Å². The van der Waals surface area contributed by atoms with Gasteiger partial charge in [0.1, 0.15) is 0 Å². The van der Waals surface area contributed by atoms with Crippen LogP contribution in [0.15, 0.2) is 45.7 Å². The highest BCUT2D eigenvalue weighted by atomic mass is 79.9. The van der Waals surface area contributed by atoms with Crippen molar-refractivity contribution in [1.82, 2.24) is 4.90 Å². The van der Waals surface area contributed by atoms with Crippen LogP contribution >= 0.6 is 15.9 Å². The Labute approximate surface area is 114 Å². The molecule has 0 atom stereocenters. The van der Waals surface area contributed by atoms with Crippen molar-refractivity contribution in [3.05, 3.63) is 52.4 Å². The summed E-state index contributed by atoms with van der Waals surface area (Å²) in [5.41, 5.74) is 7.75. The summed E-state index contributed by atoms with van der Waals surface area (Å²) in [7, 11) is 1.73. The molecule has 0 aliphatic rings. The first-order valence-corrected chi connectivity index (χ1v) is 6.19. The van der Waals surface area contributed by atoms with Crippen LogP contribution in [-0.2, 0) is 6.54 Å². The summed E-state index contributed by atoms with van der Waals surface area (Å²) in [5.74, 6) is -0.110. The number of anilines is 1. The summed E-state index contributed by atoms with van der Waals surface area (Å²) < 4.78 is 5.83. The van der Waals surface area contributed by atoms with E-state index in [1.54, 1.807) is 42.7 Å². The van der Waals surface area contributed by atoms with Crippen molar-refractivity contribution in [2.75, 3.05) is 12.8 Å². The largest absolute Gasteiger partial charge is 0.472 e. The SMILES string of the molecule is CN(Cc1ccoc1)C(=O)c1ccc(Br)cc1N. The second-order valence-corrected chi connectivity index (χ2v) is 4.94. The summed E-state index contributed by atoms with van der Waals surface area (Å²) in [6, 6.07) is 7.07. The summed E-state index contributed by atoms with van der Waals surface area (Å²) in [5, 5.41) is 0. The van der Waals surface area contributed by atoms with Crippen LogP contribution < -0.4 is 5.73 Å². The minimum absolute atomic E-state index is 0.110. The summed E-state index contributed by atoms with van der Waals surface area (Å²) >= 11 is 3.31. The molecular formula is C13H13BrN2O2. The standard InChI is InChI=1S/C13H13BrN2O2/c1-16(7-9-4-5-18-8-9)13(17)11-3-2-10(14)6-12(11)15/h2-6,8H,7,15H2,1H3. The molecule has 5 heteroatoms. The van der Waals surface area contributed by atoms with Crippen molar-refractivity contribution < 1.29 is 9.21 Å². The molecule has 1 amide bonds. The lowest BCUT2D eigenvalue weighted by Crippen LogP contribution is -2.26. The van der Waals surface area contributed by atoms with Gasteiger partial charge in [-0.1, -0.05) is 15.9 Å². The molecule has 0 spiro atoms. The van der Waals surface area contributed by atoms with Crippen LogP contribution in [0.3, 0.4) is 0 Å². The number of hydrogen-bond donors (Lipinski definition) is 1. The van der Waals surface area contributed by atoms with Gasteiger partial charge >= 0.3 is 0 Å². The number of rotatable bonds is 3. The number of carbonyl (C=O) groups excluding carboxylic acids is 1. The summed E-state index contributed by atoms with van der Waals surface area (Å²) in [6.45, 7) is 0.491. The number of amides is 1. The van der Waals surface area contributed by atoms with E-state index in [4.69, 9.17) is 10.2 Å². The average Bonchev–Trinajstić information content (AvgIpc) is 2.81. The van der Waals surface area contributed by atoms with Crippen LogP contribution in [-0.4, -0.2) is 17.9 Å². The van der Waals surface area contributed by atoms with Gasteiger partial charge in [0.05, 0.1) is 18.1 Å². The number of benzene rings is 1. The van der Waals surface area contributed by atoms with Gasteiger partial charge in [-0.05, 0) is 24.3 Å². The molecule has 0 aliphatic heterocycles. The monoisotopic (exact) mass is 308 g/mol. The van der Waals surface area contributed by atoms with E-state index < -0.39 is 0 Å². The predicted octanol–water partition coefficient (Wildman–Crippen LogP) is 2.90. The van der Waals surface area contributed by atoms with E-state index in [0.29, 0.717) is 17.8 Å². The maximum atomic E-state index is 12.2. The van der Waals surface area contributed by atoms with Crippen molar-refractivity contribution >= 4 is 27.5 Å². The fraction of sp³-hybridized carbons (Fsp3) is 0.154. The zero-order valence-corrected chi connectivity index (χ0v) is 11.5. The molecule has 0 radical (unpaired) electrons. The van der Waals surface area contributed by atoms with Gasteiger partial charge in [-0.2, -0.15) is 0 Å². The van der Waals surface area contributed by atoms with Crippen molar-refractivity contribution in [2.24, 2.45) is 0 Å². The van der Waals surface area contributed by atoms with Gasteiger partial charge < -0.3 is 15.1 Å². The lowest BCUT2D eigenvalue weighted by molar-refractivity contribution is 0.0786. The first kappa shape index (κ1) is 12.7. The van der Waals surface area contributed by atoms with Crippen LogP contribution in [0.2, 0.25) is 0 Å². The molecule has 0 bridgehead atoms. The van der Waals surface area contributed by atoms with Gasteiger partial charge in [0.15, 0.2) is 0 Å². The Balaban J connectivity index is 2.15. The molecule has 0 saturated heterocycles. The van der Waals surface area contributed by atoms with E-state index in [1.165, 1.54) is 0 Å². The predicted molar refractivity (Wildman–Crippen MR) is 73.1 cm³/mol. The summed E-state index contributed by atoms with van der Waals surface area (Å²) in [6.07, 6.45) is 3.20. The number of carbonyl (C=O) groups is 1. The van der Waals surface area contributed by atoms with Crippen molar-refractivity contribution in [2.45, 2.75) is 6.54 Å². The third-order valence-corrected chi connectivity index (χ3v) is 3.08. The first-order chi connectivity index (χ1) is 8.58. The molecule has 0 fully saturated rings. The Morgan fingerprint density at radius 2 is 2.22 bits per heavy atom. The number of halogens is 1. The molecule has 1 aromatic carbocycles. The third kappa shape index (κ3) is 2.73. The molecule has 0 unspecified atom stereocenters. The lowest BCUT2D eigenvalue weighted by Gasteiger charge is -2.17. The minimum atomic E-state index is -0.110. The van der Waals surface area contributed by atoms with Crippen LogP contribution in [0.1, 0.15) is 15.9 Å². The lowest BCUT2D eigenvalue weighted by atomic mass is 10.1. The van der Waals surface area contributed by atoms with Crippen LogP contribution in [0.25, 0.3) is 0 Å². The first-order valence-electron chi connectivity index (χ1n) is 5.39. The third-order valence-electron chi connectivity index (χ3n) is 2.59. The van der Waals surface area contributed by atoms with Gasteiger partial charge in [0.2, 0.25) is 0 Å². The molecular weight excluding hydrogens is 296 g/mol. The van der Waals surface area contributed by atoms with Gasteiger partial charge in [-0.15, -0.1) is 0 Å². The highest BCUT2D eigenvalue weighted by Crippen LogP contribution is 2.20. The molecule has 0 aliphatic carbocycles. The maximum absolute atomic E-state index is 12.2. The van der Waals surface area contributed by atoms with Crippen molar-refractivity contribution in [1.29, 1.82) is 0 Å². The molecule has 18 heavy (non-hydrogen) atoms. The highest BCUT2D eigenvalue weighted by molar-refractivity contribution is 9.10. The Hall–Kier alpha value is -1.75. The van der Waals surface area contributed by atoms with E-state index in [1.807, 2.05) is 6.07 Å². The Kier molecular flexibility index (Phi) is 3.72. The van der Waals surface area contributed by atoms with Crippen LogP contribution in [0.4, 0.5) is 5.69 Å². The number of nitrogens with zero attached hydrogens (tertiary/aromatic N) is 1.